The molecule has 3 rings (SSSR count). The highest BCUT2D eigenvalue weighted by Gasteiger charge is 2.44. The molecule has 0 aliphatic carbocycles. The summed E-state index contributed by atoms with van der Waals surface area (Å²) >= 11 is 0. The molecular weight excluding hydrogens is 409 g/mol. The van der Waals surface area contributed by atoms with Crippen LogP contribution in [0.1, 0.15) is 29.7 Å². The fraction of sp³-hybridized carbons (Fsp3) is 0.273. The van der Waals surface area contributed by atoms with Gasteiger partial charge in [0.15, 0.2) is 0 Å². The molecule has 2 heterocycles. The van der Waals surface area contributed by atoms with Crippen LogP contribution in [0.25, 0.3) is 6.08 Å². The molecular formula is C22H21F3N4O2. The molecule has 2 aromatic rings. The zero-order chi connectivity index (χ0) is 22.8. The third-order valence-electron chi connectivity index (χ3n) is 5.11. The van der Waals surface area contributed by atoms with E-state index in [0.717, 1.165) is 12.1 Å². The fourth-order valence-corrected chi connectivity index (χ4v) is 3.57. The van der Waals surface area contributed by atoms with Crippen molar-refractivity contribution in [3.05, 3.63) is 59.3 Å². The number of amides is 2. The van der Waals surface area contributed by atoms with E-state index >= 15 is 0 Å². The first kappa shape index (κ1) is 22.2. The van der Waals surface area contributed by atoms with E-state index in [4.69, 9.17) is 0 Å². The number of hydrogen-bond acceptors (Lipinski definition) is 4. The van der Waals surface area contributed by atoms with Crippen LogP contribution in [-0.4, -0.2) is 42.0 Å². The first-order valence-electron chi connectivity index (χ1n) is 9.49. The second-order valence-electron chi connectivity index (χ2n) is 7.17. The number of nitrogens with zero attached hydrogens (tertiary/aromatic N) is 3. The fourth-order valence-electron chi connectivity index (χ4n) is 3.57. The number of nitrogens with one attached hydrogen (secondary N) is 1. The molecule has 1 aromatic heterocycles. The molecule has 2 atom stereocenters. The molecule has 0 unspecified atom stereocenters. The number of aromatic nitrogens is 1. The molecule has 1 aromatic carbocycles. The Morgan fingerprint density at radius 2 is 1.94 bits per heavy atom. The van der Waals surface area contributed by atoms with Crippen molar-refractivity contribution in [2.75, 3.05) is 18.9 Å². The molecule has 162 valence electrons. The van der Waals surface area contributed by atoms with E-state index in [1.54, 1.807) is 31.3 Å². The normalized spacial score (nSPS) is 19.1. The number of alkyl halides is 3. The molecule has 1 N–H and O–H groups in total. The van der Waals surface area contributed by atoms with Crippen LogP contribution in [0, 0.1) is 5.92 Å². The first-order chi connectivity index (χ1) is 14.7. The van der Waals surface area contributed by atoms with Crippen LogP contribution < -0.4 is 5.32 Å². The molecule has 0 spiro atoms. The smallest absolute Gasteiger partial charge is 0.344 e. The first-order valence-corrected chi connectivity index (χ1v) is 9.49. The lowest BCUT2D eigenvalue weighted by Gasteiger charge is -2.17. The highest BCUT2D eigenvalue weighted by molar-refractivity contribution is 6.08. The molecule has 1 aliphatic heterocycles. The summed E-state index contributed by atoms with van der Waals surface area (Å²) in [6.07, 6.45) is -0.988. The van der Waals surface area contributed by atoms with Crippen molar-refractivity contribution in [1.29, 1.82) is 0 Å². The van der Waals surface area contributed by atoms with Gasteiger partial charge in [-0.05, 0) is 49.5 Å². The van der Waals surface area contributed by atoms with Crippen LogP contribution in [0.3, 0.4) is 0 Å². The summed E-state index contributed by atoms with van der Waals surface area (Å²) in [5, 5.41) is 2.65. The van der Waals surface area contributed by atoms with Crippen molar-refractivity contribution in [3.8, 4) is 0 Å². The zero-order valence-electron chi connectivity index (χ0n) is 17.0. The summed E-state index contributed by atoms with van der Waals surface area (Å²) in [6.45, 7) is 5.51. The molecule has 0 bridgehead atoms. The second-order valence-corrected chi connectivity index (χ2v) is 7.17. The molecule has 1 fully saturated rings. The number of likely N-dealkylation sites (N-methyl/N-ethyl adjacent to an activating group) is 1. The highest BCUT2D eigenvalue weighted by atomic mass is 19.4. The second kappa shape index (κ2) is 8.71. The van der Waals surface area contributed by atoms with Gasteiger partial charge in [-0.25, -0.2) is 4.98 Å². The van der Waals surface area contributed by atoms with Gasteiger partial charge in [0.1, 0.15) is 11.7 Å². The minimum absolute atomic E-state index is 0.221. The Morgan fingerprint density at radius 1 is 1.26 bits per heavy atom. The molecule has 0 radical (unpaired) electrons. The third-order valence-corrected chi connectivity index (χ3v) is 5.11. The van der Waals surface area contributed by atoms with E-state index in [9.17, 15) is 22.8 Å². The molecule has 1 saturated heterocycles. The lowest BCUT2D eigenvalue weighted by Crippen LogP contribution is -2.33. The number of rotatable bonds is 5. The molecule has 0 saturated carbocycles. The Kier molecular flexibility index (Phi) is 6.24. The Morgan fingerprint density at radius 3 is 2.52 bits per heavy atom. The molecule has 2 amide bonds. The van der Waals surface area contributed by atoms with E-state index < -0.39 is 35.4 Å². The monoisotopic (exact) mass is 430 g/mol. The van der Waals surface area contributed by atoms with Crippen molar-refractivity contribution in [3.63, 3.8) is 0 Å². The number of carbonyl (C=O) groups excluding carboxylic acids is 2. The van der Waals surface area contributed by atoms with Crippen molar-refractivity contribution in [2.45, 2.75) is 19.0 Å². The van der Waals surface area contributed by atoms with Crippen LogP contribution in [0.4, 0.5) is 24.7 Å². The van der Waals surface area contributed by atoms with Gasteiger partial charge in [0.2, 0.25) is 11.8 Å². The predicted molar refractivity (Wildman–Crippen MR) is 112 cm³/mol. The number of pyridine rings is 1. The van der Waals surface area contributed by atoms with Crippen molar-refractivity contribution >= 4 is 36.1 Å². The summed E-state index contributed by atoms with van der Waals surface area (Å²) in [5.41, 5.74) is 0.742. The van der Waals surface area contributed by atoms with Gasteiger partial charge in [-0.2, -0.15) is 13.2 Å². The van der Waals surface area contributed by atoms with Gasteiger partial charge in [-0.1, -0.05) is 18.2 Å². The highest BCUT2D eigenvalue weighted by Crippen LogP contribution is 2.36. The predicted octanol–water partition coefficient (Wildman–Crippen LogP) is 4.28. The molecule has 31 heavy (non-hydrogen) atoms. The summed E-state index contributed by atoms with van der Waals surface area (Å²) in [5.74, 6) is -2.40. The number of hydrogen-bond donors (Lipinski definition) is 1. The molecule has 6 nitrogen and oxygen atoms in total. The summed E-state index contributed by atoms with van der Waals surface area (Å²) in [4.78, 5) is 35.2. The topological polar surface area (TPSA) is 74.7 Å². The van der Waals surface area contributed by atoms with Gasteiger partial charge in [0.25, 0.3) is 0 Å². The van der Waals surface area contributed by atoms with Crippen LogP contribution in [0.2, 0.25) is 0 Å². The number of anilines is 1. The average Bonchev–Trinajstić information content (AvgIpc) is 3.02. The number of carbonyl (C=O) groups is 2. The standard InChI is InChI=1S/C22H21F3N4O2/c1-4-5-17-16(26-2)10-11-18(27-17)28-20(30)19-15(12-29(3)21(19)31)13-6-8-14(9-7-13)22(23,24)25/h4-11,15,19H,2,12H2,1,3H3,(H,27,28,30)/b5-4-/t15-,19+/m1/s1. The van der Waals surface area contributed by atoms with E-state index in [1.165, 1.54) is 17.0 Å². The Bertz CT molecular complexity index is 1030. The van der Waals surface area contributed by atoms with Crippen LogP contribution >= 0.6 is 0 Å². The third kappa shape index (κ3) is 4.65. The van der Waals surface area contributed by atoms with Gasteiger partial charge < -0.3 is 10.2 Å². The number of halogens is 3. The van der Waals surface area contributed by atoms with Gasteiger partial charge >= 0.3 is 6.18 Å². The van der Waals surface area contributed by atoms with Crippen molar-refractivity contribution in [1.82, 2.24) is 9.88 Å². The maximum atomic E-state index is 13.0. The van der Waals surface area contributed by atoms with E-state index in [-0.39, 0.29) is 12.4 Å². The van der Waals surface area contributed by atoms with Gasteiger partial charge in [0, 0.05) is 19.5 Å². The average molecular weight is 430 g/mol. The maximum absolute atomic E-state index is 13.0. The Hall–Kier alpha value is -3.49. The number of allylic oxidation sites excluding steroid dienone is 1. The zero-order valence-corrected chi connectivity index (χ0v) is 17.0. The van der Waals surface area contributed by atoms with Gasteiger partial charge in [0.05, 0.1) is 16.9 Å². The van der Waals surface area contributed by atoms with Gasteiger partial charge in [-0.3, -0.25) is 14.6 Å². The van der Waals surface area contributed by atoms with Crippen LogP contribution in [-0.2, 0) is 15.8 Å². The summed E-state index contributed by atoms with van der Waals surface area (Å²) in [7, 11) is 1.56. The SMILES string of the molecule is C=Nc1ccc(NC(=O)[C@H]2C(=O)N(C)C[C@@H]2c2ccc(C(F)(F)F)cc2)nc1/C=C\C. The molecule has 1 aliphatic rings. The largest absolute Gasteiger partial charge is 0.416 e. The number of aliphatic imine (C=N–C) groups is 1. The number of benzene rings is 1. The lowest BCUT2D eigenvalue weighted by molar-refractivity contribution is -0.138. The summed E-state index contributed by atoms with van der Waals surface area (Å²) < 4.78 is 38.6. The quantitative estimate of drug-likeness (QED) is 0.569. The van der Waals surface area contributed by atoms with Crippen molar-refractivity contribution in [2.24, 2.45) is 10.9 Å². The maximum Gasteiger partial charge on any atom is 0.416 e. The molecule has 9 heteroatoms. The lowest BCUT2D eigenvalue weighted by atomic mass is 9.87. The Labute approximate surface area is 177 Å². The van der Waals surface area contributed by atoms with E-state index in [1.807, 2.05) is 6.92 Å². The van der Waals surface area contributed by atoms with Crippen molar-refractivity contribution < 1.29 is 22.8 Å². The van der Waals surface area contributed by atoms with Crippen LogP contribution in [0.5, 0.6) is 0 Å². The van der Waals surface area contributed by atoms with E-state index in [0.29, 0.717) is 16.9 Å². The van der Waals surface area contributed by atoms with E-state index in [2.05, 4.69) is 22.0 Å². The van der Waals surface area contributed by atoms with Crippen LogP contribution in [0.15, 0.2) is 47.5 Å². The summed E-state index contributed by atoms with van der Waals surface area (Å²) in [6, 6.07) is 7.73. The minimum Gasteiger partial charge on any atom is -0.344 e. The Balaban J connectivity index is 1.87. The number of likely N-dealkylation sites (tertiary alicyclic amines) is 1. The van der Waals surface area contributed by atoms with Gasteiger partial charge in [-0.15, -0.1) is 0 Å². The minimum atomic E-state index is -4.46.